The summed E-state index contributed by atoms with van der Waals surface area (Å²) in [5.74, 6) is 1.68. The molecular formula is C15H14N4O3. The second kappa shape index (κ2) is 5.85. The van der Waals surface area contributed by atoms with Gasteiger partial charge in [-0.15, -0.1) is 0 Å². The lowest BCUT2D eigenvalue weighted by Crippen LogP contribution is -2.50. The molecule has 0 saturated carbocycles. The van der Waals surface area contributed by atoms with E-state index in [1.165, 1.54) is 0 Å². The third kappa shape index (κ3) is 2.91. The minimum atomic E-state index is -0.102. The number of hydrogen-bond acceptors (Lipinski definition) is 6. The normalized spacial score (nSPS) is 14.3. The average molecular weight is 298 g/mol. The number of nitrogens with zero attached hydrogens (tertiary/aromatic N) is 4. The lowest BCUT2D eigenvalue weighted by Gasteiger charge is -2.36. The summed E-state index contributed by atoms with van der Waals surface area (Å²) in [6.07, 6.45) is 0. The van der Waals surface area contributed by atoms with Crippen LogP contribution in [0.3, 0.4) is 0 Å². The smallest absolute Gasteiger partial charge is 0.260 e. The molecule has 3 rings (SSSR count). The Labute approximate surface area is 127 Å². The molecule has 0 spiro atoms. The standard InChI is InChI=1S/C15H14N4O3/c1-10-17-15(22-18-10)12-7-19(8-12)14(20)9-21-13-4-2-3-11(5-13)6-16/h2-5,12H,7-9H2,1H3. The van der Waals surface area contributed by atoms with Crippen LogP contribution in [0.25, 0.3) is 0 Å². The van der Waals surface area contributed by atoms with E-state index in [9.17, 15) is 4.79 Å². The molecule has 0 radical (unpaired) electrons. The van der Waals surface area contributed by atoms with E-state index in [-0.39, 0.29) is 18.4 Å². The molecule has 112 valence electrons. The molecule has 1 aliphatic rings. The van der Waals surface area contributed by atoms with Crippen molar-refractivity contribution in [1.29, 1.82) is 5.26 Å². The summed E-state index contributed by atoms with van der Waals surface area (Å²) in [7, 11) is 0. The number of aromatic nitrogens is 2. The first kappa shape index (κ1) is 14.1. The van der Waals surface area contributed by atoms with Crippen LogP contribution in [-0.2, 0) is 4.79 Å². The predicted octanol–water partition coefficient (Wildman–Crippen LogP) is 1.25. The monoisotopic (exact) mass is 298 g/mol. The summed E-state index contributed by atoms with van der Waals surface area (Å²) in [5, 5.41) is 12.6. The highest BCUT2D eigenvalue weighted by molar-refractivity contribution is 5.78. The second-order valence-corrected chi connectivity index (χ2v) is 5.10. The molecule has 1 saturated heterocycles. The van der Waals surface area contributed by atoms with Crippen molar-refractivity contribution in [3.63, 3.8) is 0 Å². The van der Waals surface area contributed by atoms with E-state index < -0.39 is 0 Å². The fourth-order valence-corrected chi connectivity index (χ4v) is 2.21. The van der Waals surface area contributed by atoms with Crippen molar-refractivity contribution in [3.8, 4) is 11.8 Å². The van der Waals surface area contributed by atoms with Crippen LogP contribution in [0.5, 0.6) is 5.75 Å². The summed E-state index contributed by atoms with van der Waals surface area (Å²) in [5.41, 5.74) is 0.501. The van der Waals surface area contributed by atoms with Gasteiger partial charge in [0.05, 0.1) is 17.6 Å². The largest absolute Gasteiger partial charge is 0.484 e. The molecule has 1 aromatic carbocycles. The van der Waals surface area contributed by atoms with Gasteiger partial charge < -0.3 is 14.2 Å². The maximum Gasteiger partial charge on any atom is 0.260 e. The van der Waals surface area contributed by atoms with Gasteiger partial charge in [0.2, 0.25) is 5.89 Å². The Kier molecular flexibility index (Phi) is 3.74. The van der Waals surface area contributed by atoms with Gasteiger partial charge in [-0.3, -0.25) is 4.79 Å². The molecule has 7 nitrogen and oxygen atoms in total. The van der Waals surface area contributed by atoms with E-state index in [0.29, 0.717) is 36.1 Å². The molecule has 1 aromatic heterocycles. The maximum absolute atomic E-state index is 12.0. The Bertz CT molecular complexity index is 728. The van der Waals surface area contributed by atoms with Crippen LogP contribution in [0.2, 0.25) is 0 Å². The van der Waals surface area contributed by atoms with E-state index in [1.54, 1.807) is 36.1 Å². The zero-order valence-electron chi connectivity index (χ0n) is 12.0. The molecule has 1 aliphatic heterocycles. The van der Waals surface area contributed by atoms with Crippen LogP contribution in [0, 0.1) is 18.3 Å². The zero-order chi connectivity index (χ0) is 15.5. The average Bonchev–Trinajstić information content (AvgIpc) is 2.90. The molecule has 1 fully saturated rings. The first-order valence-electron chi connectivity index (χ1n) is 6.86. The van der Waals surface area contributed by atoms with Gasteiger partial charge in [-0.25, -0.2) is 0 Å². The Hall–Kier alpha value is -2.88. The Morgan fingerprint density at radius 1 is 1.55 bits per heavy atom. The predicted molar refractivity (Wildman–Crippen MR) is 75.0 cm³/mol. The fraction of sp³-hybridized carbons (Fsp3) is 0.333. The molecule has 1 amide bonds. The third-order valence-electron chi connectivity index (χ3n) is 3.45. The van der Waals surface area contributed by atoms with Crippen molar-refractivity contribution < 1.29 is 14.1 Å². The third-order valence-corrected chi connectivity index (χ3v) is 3.45. The quantitative estimate of drug-likeness (QED) is 0.843. The summed E-state index contributed by atoms with van der Waals surface area (Å²) < 4.78 is 10.5. The van der Waals surface area contributed by atoms with E-state index in [2.05, 4.69) is 10.1 Å². The number of hydrogen-bond donors (Lipinski definition) is 0. The first-order valence-corrected chi connectivity index (χ1v) is 6.86. The number of likely N-dealkylation sites (tertiary alicyclic amines) is 1. The Balaban J connectivity index is 1.49. The second-order valence-electron chi connectivity index (χ2n) is 5.10. The molecule has 22 heavy (non-hydrogen) atoms. The summed E-state index contributed by atoms with van der Waals surface area (Å²) >= 11 is 0. The van der Waals surface area contributed by atoms with Crippen molar-refractivity contribution in [1.82, 2.24) is 15.0 Å². The molecule has 0 N–H and O–H groups in total. The van der Waals surface area contributed by atoms with Crippen LogP contribution >= 0.6 is 0 Å². The first-order chi connectivity index (χ1) is 10.7. The fourth-order valence-electron chi connectivity index (χ4n) is 2.21. The molecule has 7 heteroatoms. The summed E-state index contributed by atoms with van der Waals surface area (Å²) in [4.78, 5) is 17.8. The van der Waals surface area contributed by atoms with Crippen LogP contribution in [0.4, 0.5) is 0 Å². The van der Waals surface area contributed by atoms with Gasteiger partial charge in [0, 0.05) is 13.1 Å². The van der Waals surface area contributed by atoms with Crippen molar-refractivity contribution in [2.24, 2.45) is 0 Å². The molecule has 2 aromatic rings. The highest BCUT2D eigenvalue weighted by Crippen LogP contribution is 2.25. The molecule has 0 bridgehead atoms. The lowest BCUT2D eigenvalue weighted by molar-refractivity contribution is -0.138. The van der Waals surface area contributed by atoms with E-state index in [1.807, 2.05) is 6.07 Å². The van der Waals surface area contributed by atoms with Crippen molar-refractivity contribution in [2.75, 3.05) is 19.7 Å². The van der Waals surface area contributed by atoms with Crippen molar-refractivity contribution in [2.45, 2.75) is 12.8 Å². The number of carbonyl (C=O) groups excluding carboxylic acids is 1. The molecular weight excluding hydrogens is 284 g/mol. The molecule has 0 atom stereocenters. The van der Waals surface area contributed by atoms with Crippen molar-refractivity contribution >= 4 is 5.91 Å². The van der Waals surface area contributed by atoms with Gasteiger partial charge >= 0.3 is 0 Å². The van der Waals surface area contributed by atoms with Gasteiger partial charge in [0.1, 0.15) is 5.75 Å². The van der Waals surface area contributed by atoms with Gasteiger partial charge in [-0.2, -0.15) is 10.2 Å². The number of benzene rings is 1. The highest BCUT2D eigenvalue weighted by Gasteiger charge is 2.35. The van der Waals surface area contributed by atoms with E-state index in [4.69, 9.17) is 14.5 Å². The number of rotatable bonds is 4. The van der Waals surface area contributed by atoms with Gasteiger partial charge in [-0.05, 0) is 25.1 Å². The molecule has 2 heterocycles. The number of amides is 1. The van der Waals surface area contributed by atoms with Gasteiger partial charge in [0.15, 0.2) is 12.4 Å². The lowest BCUT2D eigenvalue weighted by atomic mass is 10.0. The SMILES string of the molecule is Cc1noc(C2CN(C(=O)COc3cccc(C#N)c3)C2)n1. The number of aryl methyl sites for hydroxylation is 1. The van der Waals surface area contributed by atoms with E-state index >= 15 is 0 Å². The van der Waals surface area contributed by atoms with Crippen molar-refractivity contribution in [3.05, 3.63) is 41.5 Å². The molecule has 0 unspecified atom stereocenters. The van der Waals surface area contributed by atoms with Crippen LogP contribution in [-0.4, -0.2) is 40.6 Å². The minimum Gasteiger partial charge on any atom is -0.484 e. The maximum atomic E-state index is 12.0. The topological polar surface area (TPSA) is 92.3 Å². The van der Waals surface area contributed by atoms with E-state index in [0.717, 1.165) is 0 Å². The Morgan fingerprint density at radius 3 is 3.05 bits per heavy atom. The summed E-state index contributed by atoms with van der Waals surface area (Å²) in [6, 6.07) is 8.75. The zero-order valence-corrected chi connectivity index (χ0v) is 12.0. The van der Waals surface area contributed by atoms with Crippen LogP contribution < -0.4 is 4.74 Å². The van der Waals surface area contributed by atoms with Crippen LogP contribution in [0.1, 0.15) is 23.2 Å². The van der Waals surface area contributed by atoms with Gasteiger partial charge in [0.25, 0.3) is 5.91 Å². The Morgan fingerprint density at radius 2 is 2.36 bits per heavy atom. The number of nitriles is 1. The molecule has 0 aliphatic carbocycles. The summed E-state index contributed by atoms with van der Waals surface area (Å²) in [6.45, 7) is 2.83. The number of ether oxygens (including phenoxy) is 1. The highest BCUT2D eigenvalue weighted by atomic mass is 16.5. The minimum absolute atomic E-state index is 0.0511. The van der Waals surface area contributed by atoms with Crippen LogP contribution in [0.15, 0.2) is 28.8 Å². The van der Waals surface area contributed by atoms with Gasteiger partial charge in [-0.1, -0.05) is 11.2 Å². The number of carbonyl (C=O) groups is 1.